The maximum atomic E-state index is 13.2. The average molecular weight is 259 g/mol. The molecule has 3 heteroatoms. The summed E-state index contributed by atoms with van der Waals surface area (Å²) in [6.45, 7) is 2.09. The number of benzene rings is 1. The topological polar surface area (TPSA) is 0 Å². The molecule has 2 aromatic rings. The summed E-state index contributed by atoms with van der Waals surface area (Å²) in [5.74, 6) is -0.130. The molecule has 0 radical (unpaired) electrons. The fourth-order valence-electron chi connectivity index (χ4n) is 1.34. The zero-order chi connectivity index (χ0) is 9.42. The zero-order valence-electron chi connectivity index (χ0n) is 7.10. The van der Waals surface area contributed by atoms with Gasteiger partial charge in [0.05, 0.1) is 0 Å². The van der Waals surface area contributed by atoms with Crippen LogP contribution in [0.3, 0.4) is 0 Å². The Bertz CT molecular complexity index is 447. The molecule has 0 saturated carbocycles. The van der Waals surface area contributed by atoms with E-state index in [1.54, 1.807) is 5.38 Å². The lowest BCUT2D eigenvalue weighted by Gasteiger charge is -1.99. The summed E-state index contributed by atoms with van der Waals surface area (Å²) >= 11 is 4.84. The van der Waals surface area contributed by atoms with Gasteiger partial charge in [-0.2, -0.15) is 0 Å². The van der Waals surface area contributed by atoms with Gasteiger partial charge in [0.15, 0.2) is 0 Å². The predicted octanol–water partition coefficient (Wildman–Crippen LogP) is 4.37. The van der Waals surface area contributed by atoms with Crippen molar-refractivity contribution in [2.24, 2.45) is 0 Å². The highest BCUT2D eigenvalue weighted by molar-refractivity contribution is 9.10. The predicted molar refractivity (Wildman–Crippen MR) is 58.9 cm³/mol. The summed E-state index contributed by atoms with van der Waals surface area (Å²) in [5, 5.41) is 2.26. The standard InChI is InChI=1S/C10H8BrFS/c1-2-6-3-7(11)10-8(12)5-13-9(10)4-6/h3-5H,2H2,1H3. The summed E-state index contributed by atoms with van der Waals surface area (Å²) in [6.07, 6.45) is 0.980. The first-order valence-electron chi connectivity index (χ1n) is 4.07. The maximum absolute atomic E-state index is 13.2. The van der Waals surface area contributed by atoms with Gasteiger partial charge < -0.3 is 0 Å². The van der Waals surface area contributed by atoms with Gasteiger partial charge in [-0.3, -0.25) is 0 Å². The fraction of sp³-hybridized carbons (Fsp3) is 0.200. The van der Waals surface area contributed by atoms with E-state index in [0.29, 0.717) is 5.39 Å². The van der Waals surface area contributed by atoms with Crippen molar-refractivity contribution in [3.63, 3.8) is 0 Å². The van der Waals surface area contributed by atoms with Crippen LogP contribution in [-0.2, 0) is 6.42 Å². The van der Waals surface area contributed by atoms with E-state index < -0.39 is 0 Å². The highest BCUT2D eigenvalue weighted by atomic mass is 79.9. The first kappa shape index (κ1) is 9.16. The SMILES string of the molecule is CCc1cc(Br)c2c(F)csc2c1. The zero-order valence-corrected chi connectivity index (χ0v) is 9.51. The Morgan fingerprint density at radius 2 is 2.23 bits per heavy atom. The molecule has 68 valence electrons. The summed E-state index contributed by atoms with van der Waals surface area (Å²) in [4.78, 5) is 0. The molecule has 0 bridgehead atoms. The number of hydrogen-bond acceptors (Lipinski definition) is 1. The fourth-order valence-corrected chi connectivity index (χ4v) is 3.06. The Morgan fingerprint density at radius 1 is 1.46 bits per heavy atom. The van der Waals surface area contributed by atoms with Crippen molar-refractivity contribution in [1.82, 2.24) is 0 Å². The lowest BCUT2D eigenvalue weighted by atomic mass is 10.1. The minimum Gasteiger partial charge on any atom is -0.205 e. The molecule has 0 unspecified atom stereocenters. The second-order valence-electron chi connectivity index (χ2n) is 2.89. The van der Waals surface area contributed by atoms with Crippen LogP contribution in [0.1, 0.15) is 12.5 Å². The molecule has 0 atom stereocenters. The molecule has 1 heterocycles. The maximum Gasteiger partial charge on any atom is 0.142 e. The van der Waals surface area contributed by atoms with Crippen molar-refractivity contribution in [3.8, 4) is 0 Å². The van der Waals surface area contributed by atoms with Gasteiger partial charge in [-0.25, -0.2) is 4.39 Å². The van der Waals surface area contributed by atoms with Gasteiger partial charge in [-0.05, 0) is 24.1 Å². The molecular formula is C10H8BrFS. The third-order valence-corrected chi connectivity index (χ3v) is 3.58. The van der Waals surface area contributed by atoms with Crippen LogP contribution in [0.4, 0.5) is 4.39 Å². The highest BCUT2D eigenvalue weighted by Gasteiger charge is 2.08. The number of hydrogen-bond donors (Lipinski definition) is 0. The Hall–Kier alpha value is -0.410. The molecule has 13 heavy (non-hydrogen) atoms. The van der Waals surface area contributed by atoms with Crippen LogP contribution < -0.4 is 0 Å². The van der Waals surface area contributed by atoms with E-state index >= 15 is 0 Å². The largest absolute Gasteiger partial charge is 0.205 e. The molecule has 0 aliphatic carbocycles. The van der Waals surface area contributed by atoms with Crippen LogP contribution in [0.25, 0.3) is 10.1 Å². The summed E-state index contributed by atoms with van der Waals surface area (Å²) in [5.41, 5.74) is 1.24. The Balaban J connectivity index is 2.79. The summed E-state index contributed by atoms with van der Waals surface area (Å²) in [6, 6.07) is 4.03. The molecule has 0 nitrogen and oxygen atoms in total. The van der Waals surface area contributed by atoms with Gasteiger partial charge in [-0.15, -0.1) is 11.3 Å². The van der Waals surface area contributed by atoms with Crippen molar-refractivity contribution in [3.05, 3.63) is 33.4 Å². The molecule has 1 aromatic carbocycles. The van der Waals surface area contributed by atoms with Gasteiger partial charge in [0, 0.05) is 19.9 Å². The lowest BCUT2D eigenvalue weighted by Crippen LogP contribution is -1.80. The van der Waals surface area contributed by atoms with Gasteiger partial charge >= 0.3 is 0 Å². The van der Waals surface area contributed by atoms with Crippen molar-refractivity contribution >= 4 is 37.4 Å². The highest BCUT2D eigenvalue weighted by Crippen LogP contribution is 2.32. The molecule has 0 amide bonds. The number of fused-ring (bicyclic) bond motifs is 1. The van der Waals surface area contributed by atoms with E-state index in [9.17, 15) is 4.39 Å². The molecule has 1 aromatic heterocycles. The normalized spacial score (nSPS) is 11.0. The molecule has 0 spiro atoms. The van der Waals surface area contributed by atoms with Crippen LogP contribution in [0.5, 0.6) is 0 Å². The molecule has 0 aliphatic heterocycles. The molecule has 0 N–H and O–H groups in total. The van der Waals surface area contributed by atoms with Crippen LogP contribution in [0, 0.1) is 5.82 Å². The lowest BCUT2D eigenvalue weighted by molar-refractivity contribution is 0.644. The van der Waals surface area contributed by atoms with Gasteiger partial charge in [0.2, 0.25) is 0 Å². The minimum absolute atomic E-state index is 0.130. The Morgan fingerprint density at radius 3 is 2.92 bits per heavy atom. The Labute approximate surface area is 88.5 Å². The summed E-state index contributed by atoms with van der Waals surface area (Å²) < 4.78 is 15.1. The number of halogens is 2. The van der Waals surface area contributed by atoms with Gasteiger partial charge in [-0.1, -0.05) is 22.9 Å². The van der Waals surface area contributed by atoms with E-state index in [2.05, 4.69) is 22.9 Å². The number of aryl methyl sites for hydroxylation is 1. The molecule has 2 rings (SSSR count). The first-order valence-corrected chi connectivity index (χ1v) is 5.74. The van der Waals surface area contributed by atoms with Crippen molar-refractivity contribution < 1.29 is 4.39 Å². The van der Waals surface area contributed by atoms with Crippen LogP contribution >= 0.6 is 27.3 Å². The smallest absolute Gasteiger partial charge is 0.142 e. The van der Waals surface area contributed by atoms with E-state index in [0.717, 1.165) is 15.6 Å². The third kappa shape index (κ3) is 1.51. The van der Waals surface area contributed by atoms with E-state index in [1.165, 1.54) is 16.9 Å². The van der Waals surface area contributed by atoms with Gasteiger partial charge in [0.25, 0.3) is 0 Å². The second kappa shape index (κ2) is 3.39. The molecule has 0 saturated heterocycles. The van der Waals surface area contributed by atoms with Crippen LogP contribution in [-0.4, -0.2) is 0 Å². The Kier molecular flexibility index (Phi) is 2.39. The summed E-state index contributed by atoms with van der Waals surface area (Å²) in [7, 11) is 0. The van der Waals surface area contributed by atoms with Crippen LogP contribution in [0.2, 0.25) is 0 Å². The van der Waals surface area contributed by atoms with Crippen LogP contribution in [0.15, 0.2) is 22.0 Å². The number of thiophene rings is 1. The van der Waals surface area contributed by atoms with E-state index in [1.807, 2.05) is 12.1 Å². The average Bonchev–Trinajstić information content (AvgIpc) is 2.48. The quantitative estimate of drug-likeness (QED) is 0.713. The first-order chi connectivity index (χ1) is 6.22. The van der Waals surface area contributed by atoms with E-state index in [-0.39, 0.29) is 5.82 Å². The van der Waals surface area contributed by atoms with Gasteiger partial charge in [0.1, 0.15) is 5.82 Å². The van der Waals surface area contributed by atoms with Crippen molar-refractivity contribution in [2.75, 3.05) is 0 Å². The van der Waals surface area contributed by atoms with Crippen molar-refractivity contribution in [2.45, 2.75) is 13.3 Å². The second-order valence-corrected chi connectivity index (χ2v) is 4.65. The van der Waals surface area contributed by atoms with Crippen molar-refractivity contribution in [1.29, 1.82) is 0 Å². The van der Waals surface area contributed by atoms with E-state index in [4.69, 9.17) is 0 Å². The molecular weight excluding hydrogens is 251 g/mol. The molecule has 0 fully saturated rings. The minimum atomic E-state index is -0.130. The third-order valence-electron chi connectivity index (χ3n) is 2.05. The monoisotopic (exact) mass is 258 g/mol. The molecule has 0 aliphatic rings. The number of rotatable bonds is 1.